The molecule has 28 heavy (non-hydrogen) atoms. The molecule has 0 saturated carbocycles. The van der Waals surface area contributed by atoms with Gasteiger partial charge in [-0.05, 0) is 67.0 Å². The van der Waals surface area contributed by atoms with E-state index in [0.29, 0.717) is 9.92 Å². The van der Waals surface area contributed by atoms with Crippen molar-refractivity contribution in [1.29, 1.82) is 0 Å². The van der Waals surface area contributed by atoms with Crippen molar-refractivity contribution in [2.75, 3.05) is 14.2 Å². The molecule has 8 heteroatoms. The van der Waals surface area contributed by atoms with Crippen LogP contribution in [-0.4, -0.2) is 19.1 Å². The van der Waals surface area contributed by atoms with Crippen molar-refractivity contribution < 1.29 is 17.9 Å². The minimum Gasteiger partial charge on any atom is -0.496 e. The topological polar surface area (TPSA) is 34.2 Å². The van der Waals surface area contributed by atoms with Gasteiger partial charge in [0.15, 0.2) is 0 Å². The highest BCUT2D eigenvalue weighted by Gasteiger charge is 2.30. The summed E-state index contributed by atoms with van der Waals surface area (Å²) in [6.07, 6.45) is -2.67. The summed E-state index contributed by atoms with van der Waals surface area (Å²) in [5.74, 6) is 0.754. The Balaban J connectivity index is 1.93. The first-order valence-corrected chi connectivity index (χ1v) is 9.88. The van der Waals surface area contributed by atoms with Gasteiger partial charge in [-0.2, -0.15) is 13.2 Å². The van der Waals surface area contributed by atoms with E-state index in [2.05, 4.69) is 9.71 Å². The van der Waals surface area contributed by atoms with Gasteiger partial charge in [0, 0.05) is 16.7 Å². The number of halogens is 3. The quantitative estimate of drug-likeness (QED) is 0.482. The molecule has 3 rings (SSSR count). The van der Waals surface area contributed by atoms with Crippen molar-refractivity contribution in [3.05, 3.63) is 66.4 Å². The fourth-order valence-corrected chi connectivity index (χ4v) is 4.11. The first-order chi connectivity index (χ1) is 13.4. The van der Waals surface area contributed by atoms with Crippen LogP contribution in [0, 0.1) is 0 Å². The Morgan fingerprint density at radius 1 is 1.04 bits per heavy atom. The number of benzene rings is 2. The molecule has 0 amide bonds. The van der Waals surface area contributed by atoms with E-state index in [1.165, 1.54) is 35.8 Å². The van der Waals surface area contributed by atoms with Crippen LogP contribution in [-0.2, 0) is 6.18 Å². The third-order valence-corrected chi connectivity index (χ3v) is 5.62. The first kappa shape index (κ1) is 20.6. The number of aromatic nitrogens is 1. The zero-order chi connectivity index (χ0) is 20.1. The number of hydrogen-bond donors (Lipinski definition) is 1. The van der Waals surface area contributed by atoms with Gasteiger partial charge in [0.1, 0.15) is 10.8 Å². The molecular weight excluding hydrogens is 405 g/mol. The Morgan fingerprint density at radius 2 is 1.79 bits per heavy atom. The number of nitrogens with one attached hydrogen (secondary N) is 1. The number of nitrogens with zero attached hydrogens (tertiary/aromatic N) is 1. The molecule has 3 nitrogen and oxygen atoms in total. The molecule has 146 valence electrons. The SMILES string of the molecule is CNSc1cc(-c2cccnc2Sc2ccc(C(F)(F)F)cc2)ccc1OC. The number of pyridine rings is 1. The Bertz CT molecular complexity index is 947. The summed E-state index contributed by atoms with van der Waals surface area (Å²) in [6.45, 7) is 0. The zero-order valence-corrected chi connectivity index (χ0v) is 16.7. The Morgan fingerprint density at radius 3 is 2.43 bits per heavy atom. The summed E-state index contributed by atoms with van der Waals surface area (Å²) in [7, 11) is 3.44. The van der Waals surface area contributed by atoms with E-state index >= 15 is 0 Å². The predicted octanol–water partition coefficient (Wildman–Crippen LogP) is 6.15. The van der Waals surface area contributed by atoms with Crippen LogP contribution in [0.4, 0.5) is 13.2 Å². The Labute approximate surface area is 169 Å². The maximum Gasteiger partial charge on any atom is 0.416 e. The van der Waals surface area contributed by atoms with Crippen molar-refractivity contribution in [2.45, 2.75) is 21.0 Å². The van der Waals surface area contributed by atoms with Crippen LogP contribution in [0.5, 0.6) is 5.75 Å². The van der Waals surface area contributed by atoms with Crippen molar-refractivity contribution in [2.24, 2.45) is 0 Å². The summed E-state index contributed by atoms with van der Waals surface area (Å²) in [5, 5.41) is 0.716. The smallest absolute Gasteiger partial charge is 0.416 e. The van der Waals surface area contributed by atoms with Gasteiger partial charge >= 0.3 is 6.18 Å². The number of methoxy groups -OCH3 is 1. The molecule has 0 aliphatic heterocycles. The first-order valence-electron chi connectivity index (χ1n) is 8.24. The molecule has 0 fully saturated rings. The largest absolute Gasteiger partial charge is 0.496 e. The summed E-state index contributed by atoms with van der Waals surface area (Å²) in [4.78, 5) is 6.04. The standard InChI is InChI=1S/C20H17F3N2OS2/c1-24-28-18-12-13(5-10-17(18)26-2)16-4-3-11-25-19(16)27-15-8-6-14(7-9-15)20(21,22)23/h3-12,24H,1-2H3. The van der Waals surface area contributed by atoms with E-state index in [4.69, 9.17) is 4.74 Å². The van der Waals surface area contributed by atoms with Gasteiger partial charge in [0.25, 0.3) is 0 Å². The van der Waals surface area contributed by atoms with Gasteiger partial charge in [-0.15, -0.1) is 0 Å². The maximum absolute atomic E-state index is 12.8. The fourth-order valence-electron chi connectivity index (χ4n) is 2.55. The molecule has 0 aliphatic carbocycles. The lowest BCUT2D eigenvalue weighted by Gasteiger charge is -2.12. The van der Waals surface area contributed by atoms with E-state index in [0.717, 1.165) is 33.9 Å². The summed E-state index contributed by atoms with van der Waals surface area (Å²) in [5.41, 5.74) is 1.18. The number of ether oxygens (including phenoxy) is 1. The summed E-state index contributed by atoms with van der Waals surface area (Å²) in [6, 6.07) is 14.7. The monoisotopic (exact) mass is 422 g/mol. The van der Waals surface area contributed by atoms with Crippen LogP contribution in [0.1, 0.15) is 5.56 Å². The minimum atomic E-state index is -4.34. The Kier molecular flexibility index (Phi) is 6.53. The van der Waals surface area contributed by atoms with Crippen LogP contribution in [0.3, 0.4) is 0 Å². The van der Waals surface area contributed by atoms with Gasteiger partial charge in [0.05, 0.1) is 17.6 Å². The Hall–Kier alpha value is -2.16. The second kappa shape index (κ2) is 8.89. The molecule has 0 spiro atoms. The lowest BCUT2D eigenvalue weighted by molar-refractivity contribution is -0.137. The lowest BCUT2D eigenvalue weighted by Crippen LogP contribution is -2.03. The third kappa shape index (κ3) is 4.81. The fraction of sp³-hybridized carbons (Fsp3) is 0.150. The highest BCUT2D eigenvalue weighted by atomic mass is 32.2. The van der Waals surface area contributed by atoms with E-state index in [1.807, 2.05) is 37.4 Å². The molecule has 0 aliphatic rings. The predicted molar refractivity (Wildman–Crippen MR) is 107 cm³/mol. The molecule has 2 aromatic carbocycles. The molecule has 0 saturated heterocycles. The average molecular weight is 422 g/mol. The van der Waals surface area contributed by atoms with Crippen LogP contribution in [0.15, 0.2) is 75.6 Å². The zero-order valence-electron chi connectivity index (χ0n) is 15.1. The molecule has 3 aromatic rings. The second-order valence-corrected chi connectivity index (χ2v) is 7.77. The molecule has 1 aromatic heterocycles. The van der Waals surface area contributed by atoms with Crippen molar-refractivity contribution in [3.8, 4) is 16.9 Å². The van der Waals surface area contributed by atoms with E-state index in [1.54, 1.807) is 13.3 Å². The van der Waals surface area contributed by atoms with E-state index < -0.39 is 11.7 Å². The highest BCUT2D eigenvalue weighted by Crippen LogP contribution is 2.38. The number of hydrogen-bond acceptors (Lipinski definition) is 5. The minimum absolute atomic E-state index is 0.665. The van der Waals surface area contributed by atoms with Gasteiger partial charge < -0.3 is 4.74 Å². The van der Waals surface area contributed by atoms with Crippen molar-refractivity contribution in [1.82, 2.24) is 9.71 Å². The van der Waals surface area contributed by atoms with Gasteiger partial charge in [0.2, 0.25) is 0 Å². The van der Waals surface area contributed by atoms with Crippen molar-refractivity contribution >= 4 is 23.7 Å². The van der Waals surface area contributed by atoms with Crippen LogP contribution in [0.25, 0.3) is 11.1 Å². The van der Waals surface area contributed by atoms with Crippen LogP contribution < -0.4 is 9.46 Å². The van der Waals surface area contributed by atoms with E-state index in [9.17, 15) is 13.2 Å². The molecule has 0 unspecified atom stereocenters. The molecule has 1 N–H and O–H groups in total. The third-order valence-electron chi connectivity index (χ3n) is 3.85. The molecular formula is C20H17F3N2OS2. The average Bonchev–Trinajstić information content (AvgIpc) is 2.68. The second-order valence-electron chi connectivity index (χ2n) is 5.65. The molecule has 0 bridgehead atoms. The normalized spacial score (nSPS) is 11.5. The van der Waals surface area contributed by atoms with Gasteiger partial charge in [-0.1, -0.05) is 23.9 Å². The number of rotatable bonds is 6. The molecule has 0 atom stereocenters. The molecule has 1 heterocycles. The van der Waals surface area contributed by atoms with Crippen LogP contribution >= 0.6 is 23.7 Å². The molecule has 0 radical (unpaired) electrons. The lowest BCUT2D eigenvalue weighted by atomic mass is 10.1. The summed E-state index contributed by atoms with van der Waals surface area (Å²) >= 11 is 2.77. The maximum atomic E-state index is 12.8. The van der Waals surface area contributed by atoms with Gasteiger partial charge in [-0.3, -0.25) is 4.72 Å². The van der Waals surface area contributed by atoms with E-state index in [-0.39, 0.29) is 0 Å². The summed E-state index contributed by atoms with van der Waals surface area (Å²) < 4.78 is 46.7. The van der Waals surface area contributed by atoms with Gasteiger partial charge in [-0.25, -0.2) is 4.98 Å². The number of alkyl halides is 3. The van der Waals surface area contributed by atoms with Crippen LogP contribution in [0.2, 0.25) is 0 Å². The van der Waals surface area contributed by atoms with Crippen molar-refractivity contribution in [3.63, 3.8) is 0 Å². The highest BCUT2D eigenvalue weighted by molar-refractivity contribution is 7.99.